The Morgan fingerprint density at radius 1 is 1.21 bits per heavy atom. The number of benzene rings is 1. The fraction of sp³-hybridized carbons (Fsp3) is 0.111. The highest BCUT2D eigenvalue weighted by atomic mass is 16.4. The van der Waals surface area contributed by atoms with E-state index >= 15 is 0 Å². The molecular formula is C9H8O5. The van der Waals surface area contributed by atoms with Gasteiger partial charge in [-0.2, -0.15) is 0 Å². The summed E-state index contributed by atoms with van der Waals surface area (Å²) in [4.78, 5) is 20.9. The Hall–Kier alpha value is -1.88. The van der Waals surface area contributed by atoms with Gasteiger partial charge in [-0.25, -0.2) is 9.59 Å². The molecule has 0 unspecified atom stereocenters. The van der Waals surface area contributed by atoms with Crippen LogP contribution in [0.5, 0.6) is 0 Å². The van der Waals surface area contributed by atoms with Gasteiger partial charge in [0.05, 0.1) is 5.56 Å². The van der Waals surface area contributed by atoms with E-state index < -0.39 is 18.0 Å². The molecule has 0 aliphatic rings. The number of aliphatic hydroxyl groups is 1. The maximum atomic E-state index is 10.5. The number of carboxylic acids is 2. The number of aromatic carboxylic acids is 1. The lowest BCUT2D eigenvalue weighted by atomic mass is 10.1. The zero-order chi connectivity index (χ0) is 10.7. The second-order valence-electron chi connectivity index (χ2n) is 2.67. The summed E-state index contributed by atoms with van der Waals surface area (Å²) in [5.41, 5.74) is 0.000185. The topological polar surface area (TPSA) is 94.8 Å². The van der Waals surface area contributed by atoms with Crippen molar-refractivity contribution in [1.82, 2.24) is 0 Å². The number of carboxylic acid groups (broad SMARTS) is 2. The minimum atomic E-state index is -1.69. The fourth-order valence-electron chi connectivity index (χ4n) is 0.984. The first-order valence-corrected chi connectivity index (χ1v) is 3.76. The van der Waals surface area contributed by atoms with Crippen LogP contribution in [0.25, 0.3) is 0 Å². The minimum Gasteiger partial charge on any atom is -0.479 e. The molecule has 0 aliphatic heterocycles. The van der Waals surface area contributed by atoms with Crippen LogP contribution in [0.1, 0.15) is 22.0 Å². The summed E-state index contributed by atoms with van der Waals surface area (Å²) in [6.07, 6.45) is -1.69. The Labute approximate surface area is 79.2 Å². The normalized spacial score (nSPS) is 12.1. The summed E-state index contributed by atoms with van der Waals surface area (Å²) in [5, 5.41) is 26.2. The van der Waals surface area contributed by atoms with Gasteiger partial charge in [-0.05, 0) is 17.7 Å². The van der Waals surface area contributed by atoms with Crippen molar-refractivity contribution in [2.24, 2.45) is 0 Å². The highest BCUT2D eigenvalue weighted by molar-refractivity contribution is 5.88. The lowest BCUT2D eigenvalue weighted by Crippen LogP contribution is -2.11. The van der Waals surface area contributed by atoms with Gasteiger partial charge in [-0.3, -0.25) is 0 Å². The molecule has 0 heterocycles. The van der Waals surface area contributed by atoms with E-state index in [-0.39, 0.29) is 11.1 Å². The molecule has 0 bridgehead atoms. The zero-order valence-corrected chi connectivity index (χ0v) is 7.04. The van der Waals surface area contributed by atoms with Crippen LogP contribution in [0.3, 0.4) is 0 Å². The summed E-state index contributed by atoms with van der Waals surface area (Å²) in [5.74, 6) is -2.57. The Kier molecular flexibility index (Phi) is 2.83. The van der Waals surface area contributed by atoms with Crippen molar-refractivity contribution in [3.63, 3.8) is 0 Å². The first kappa shape index (κ1) is 10.2. The number of hydrogen-bond acceptors (Lipinski definition) is 3. The molecule has 0 spiro atoms. The third-order valence-electron chi connectivity index (χ3n) is 1.68. The molecule has 74 valence electrons. The number of hydrogen-bond donors (Lipinski definition) is 3. The molecule has 0 saturated carbocycles. The molecule has 0 radical (unpaired) electrons. The SMILES string of the molecule is O=C(O)c1cccc([C@H](O)C(=O)O)c1. The van der Waals surface area contributed by atoms with Crippen molar-refractivity contribution >= 4 is 11.9 Å². The van der Waals surface area contributed by atoms with Gasteiger partial charge in [0.2, 0.25) is 0 Å². The monoisotopic (exact) mass is 196 g/mol. The average Bonchev–Trinajstić information content (AvgIpc) is 2.16. The molecule has 0 amide bonds. The van der Waals surface area contributed by atoms with E-state index in [9.17, 15) is 9.59 Å². The molecule has 1 aromatic rings. The van der Waals surface area contributed by atoms with Crippen LogP contribution in [0, 0.1) is 0 Å². The van der Waals surface area contributed by atoms with E-state index in [0.29, 0.717) is 0 Å². The molecule has 14 heavy (non-hydrogen) atoms. The van der Waals surface area contributed by atoms with Gasteiger partial charge in [0, 0.05) is 0 Å². The minimum absolute atomic E-state index is 0.0530. The van der Waals surface area contributed by atoms with Crippen molar-refractivity contribution in [3.05, 3.63) is 35.4 Å². The Morgan fingerprint density at radius 2 is 1.86 bits per heavy atom. The summed E-state index contributed by atoms with van der Waals surface area (Å²) in [7, 11) is 0. The molecule has 5 heteroatoms. The highest BCUT2D eigenvalue weighted by Crippen LogP contribution is 2.14. The van der Waals surface area contributed by atoms with E-state index in [1.165, 1.54) is 18.2 Å². The standard InChI is InChI=1S/C9H8O5/c10-7(9(13)14)5-2-1-3-6(4-5)8(11)12/h1-4,7,10H,(H,11,12)(H,13,14)/t7-/m0/s1. The smallest absolute Gasteiger partial charge is 0.337 e. The van der Waals surface area contributed by atoms with Crippen molar-refractivity contribution in [2.45, 2.75) is 6.10 Å². The van der Waals surface area contributed by atoms with Crippen LogP contribution in [0.4, 0.5) is 0 Å². The van der Waals surface area contributed by atoms with E-state index in [1.54, 1.807) is 0 Å². The molecule has 1 atom stereocenters. The largest absolute Gasteiger partial charge is 0.479 e. The number of carbonyl (C=O) groups is 2. The molecule has 5 nitrogen and oxygen atoms in total. The van der Waals surface area contributed by atoms with E-state index in [2.05, 4.69) is 0 Å². The van der Waals surface area contributed by atoms with Gasteiger partial charge >= 0.3 is 11.9 Å². The second-order valence-corrected chi connectivity index (χ2v) is 2.67. The van der Waals surface area contributed by atoms with Crippen LogP contribution in [0.2, 0.25) is 0 Å². The van der Waals surface area contributed by atoms with Crippen molar-refractivity contribution in [3.8, 4) is 0 Å². The van der Waals surface area contributed by atoms with Gasteiger partial charge in [-0.15, -0.1) is 0 Å². The lowest BCUT2D eigenvalue weighted by molar-refractivity contribution is -0.146. The number of rotatable bonds is 3. The number of aliphatic carboxylic acids is 1. The highest BCUT2D eigenvalue weighted by Gasteiger charge is 2.16. The molecule has 0 aliphatic carbocycles. The van der Waals surface area contributed by atoms with Crippen LogP contribution in [-0.4, -0.2) is 27.3 Å². The summed E-state index contributed by atoms with van der Waals surface area (Å²) >= 11 is 0. The van der Waals surface area contributed by atoms with Crippen LogP contribution in [-0.2, 0) is 4.79 Å². The predicted molar refractivity (Wildman–Crippen MR) is 46.0 cm³/mol. The van der Waals surface area contributed by atoms with Crippen LogP contribution in [0.15, 0.2) is 24.3 Å². The Balaban J connectivity index is 3.05. The zero-order valence-electron chi connectivity index (χ0n) is 7.04. The first-order chi connectivity index (χ1) is 6.52. The molecule has 0 fully saturated rings. The van der Waals surface area contributed by atoms with Gasteiger partial charge in [-0.1, -0.05) is 12.1 Å². The summed E-state index contributed by atoms with van der Waals surface area (Å²) in [6, 6.07) is 5.18. The maximum absolute atomic E-state index is 10.5. The number of aliphatic hydroxyl groups excluding tert-OH is 1. The third kappa shape index (κ3) is 2.08. The van der Waals surface area contributed by atoms with E-state index in [1.807, 2.05) is 0 Å². The molecule has 1 aromatic carbocycles. The Bertz CT molecular complexity index is 371. The second kappa shape index (κ2) is 3.89. The van der Waals surface area contributed by atoms with Gasteiger partial charge in [0.15, 0.2) is 6.10 Å². The van der Waals surface area contributed by atoms with Crippen LogP contribution < -0.4 is 0 Å². The third-order valence-corrected chi connectivity index (χ3v) is 1.68. The van der Waals surface area contributed by atoms with Crippen LogP contribution >= 0.6 is 0 Å². The summed E-state index contributed by atoms with van der Waals surface area (Å²) < 4.78 is 0. The summed E-state index contributed by atoms with van der Waals surface area (Å²) in [6.45, 7) is 0. The van der Waals surface area contributed by atoms with Gasteiger partial charge < -0.3 is 15.3 Å². The van der Waals surface area contributed by atoms with Crippen molar-refractivity contribution in [2.75, 3.05) is 0 Å². The molecular weight excluding hydrogens is 188 g/mol. The van der Waals surface area contributed by atoms with Gasteiger partial charge in [0.25, 0.3) is 0 Å². The maximum Gasteiger partial charge on any atom is 0.337 e. The Morgan fingerprint density at radius 3 is 2.36 bits per heavy atom. The predicted octanol–water partition coefficient (Wildman–Crippen LogP) is 0.503. The van der Waals surface area contributed by atoms with Gasteiger partial charge in [0.1, 0.15) is 0 Å². The van der Waals surface area contributed by atoms with E-state index in [4.69, 9.17) is 15.3 Å². The lowest BCUT2D eigenvalue weighted by Gasteiger charge is -2.05. The van der Waals surface area contributed by atoms with Crippen molar-refractivity contribution in [1.29, 1.82) is 0 Å². The molecule has 1 rings (SSSR count). The molecule has 0 saturated heterocycles. The molecule has 3 N–H and O–H groups in total. The first-order valence-electron chi connectivity index (χ1n) is 3.76. The quantitative estimate of drug-likeness (QED) is 0.654. The molecule has 0 aromatic heterocycles. The average molecular weight is 196 g/mol. The van der Waals surface area contributed by atoms with E-state index in [0.717, 1.165) is 6.07 Å². The fourth-order valence-corrected chi connectivity index (χ4v) is 0.984. The van der Waals surface area contributed by atoms with Crippen molar-refractivity contribution < 1.29 is 24.9 Å².